The zero-order chi connectivity index (χ0) is 12.3. The molecule has 1 atom stereocenters. The van der Waals surface area contributed by atoms with E-state index in [9.17, 15) is 5.11 Å². The molecule has 1 aromatic carbocycles. The Morgan fingerprint density at radius 2 is 2.11 bits per heavy atom. The van der Waals surface area contributed by atoms with Gasteiger partial charge in [0.05, 0.1) is 0 Å². The van der Waals surface area contributed by atoms with E-state index in [1.165, 1.54) is 31.4 Å². The summed E-state index contributed by atoms with van der Waals surface area (Å²) < 4.78 is 0. The summed E-state index contributed by atoms with van der Waals surface area (Å²) in [6, 6.07) is 7.51. The molecule has 1 fully saturated rings. The van der Waals surface area contributed by atoms with Gasteiger partial charge in [-0.3, -0.25) is 0 Å². The molecule has 1 saturated heterocycles. The van der Waals surface area contributed by atoms with E-state index in [0.717, 1.165) is 13.0 Å². The zero-order valence-electron chi connectivity index (χ0n) is 11.9. The Labute approximate surface area is 170 Å². The molecule has 0 aromatic heterocycles. The Kier molecular flexibility index (Phi) is 7.33. The number of rotatable bonds is 2. The fourth-order valence-electron chi connectivity index (χ4n) is 3.07. The molecule has 1 aromatic rings. The minimum Gasteiger partial charge on any atom is -0.872 e. The topological polar surface area (TPSA) is 26.3 Å². The molecule has 0 radical (unpaired) electrons. The van der Waals surface area contributed by atoms with Gasteiger partial charge in [-0.25, -0.2) is 0 Å². The predicted molar refractivity (Wildman–Crippen MR) is 69.2 cm³/mol. The van der Waals surface area contributed by atoms with Crippen molar-refractivity contribution in [2.75, 3.05) is 20.1 Å². The first kappa shape index (κ1) is 17.1. The first-order valence-electron chi connectivity index (χ1n) is 6.62. The number of hydrogen-bond acceptors (Lipinski definition) is 2. The van der Waals surface area contributed by atoms with Crippen LogP contribution in [0.15, 0.2) is 24.3 Å². The van der Waals surface area contributed by atoms with Crippen molar-refractivity contribution in [2.45, 2.75) is 38.0 Å². The van der Waals surface area contributed by atoms with Crippen LogP contribution in [0.3, 0.4) is 0 Å². The van der Waals surface area contributed by atoms with E-state index >= 15 is 0 Å². The molecule has 1 aliphatic rings. The second-order valence-corrected chi connectivity index (χ2v) is 5.36. The van der Waals surface area contributed by atoms with Gasteiger partial charge in [0.1, 0.15) is 0 Å². The van der Waals surface area contributed by atoms with Crippen LogP contribution in [0.25, 0.3) is 0 Å². The quantitative estimate of drug-likeness (QED) is 0.709. The summed E-state index contributed by atoms with van der Waals surface area (Å²) in [6.07, 6.45) is 4.86. The summed E-state index contributed by atoms with van der Waals surface area (Å²) in [6.45, 7) is 4.50. The molecule has 0 N–H and O–H groups in total. The van der Waals surface area contributed by atoms with Crippen LogP contribution in [0.2, 0.25) is 0 Å². The smallest absolute Gasteiger partial charge is 0.872 e. The molecule has 1 unspecified atom stereocenters. The molecule has 1 heterocycles. The normalized spacial score (nSPS) is 25.2. The van der Waals surface area contributed by atoms with Gasteiger partial charge in [0.2, 0.25) is 0 Å². The summed E-state index contributed by atoms with van der Waals surface area (Å²) in [5.74, 6) is 0.141. The Hall–Kier alpha value is 1.03. The summed E-state index contributed by atoms with van der Waals surface area (Å²) in [7, 11) is 2.19. The monoisotopic (exact) mass is 365 g/mol. The van der Waals surface area contributed by atoms with Gasteiger partial charge in [0, 0.05) is 12.0 Å². The predicted octanol–water partition coefficient (Wildman–Crippen LogP) is -0.472. The SMILES string of the molecule is CCC1(c2cccc([O-])c2)CCCCN(C)C1.[Cs+]. The van der Waals surface area contributed by atoms with Crippen molar-refractivity contribution >= 4 is 0 Å². The van der Waals surface area contributed by atoms with E-state index in [-0.39, 0.29) is 80.1 Å². The van der Waals surface area contributed by atoms with Crippen LogP contribution >= 0.6 is 0 Å². The molecule has 0 saturated carbocycles. The average molecular weight is 365 g/mol. The molecule has 94 valence electrons. The molecular weight excluding hydrogens is 343 g/mol. The third kappa shape index (κ3) is 4.01. The average Bonchev–Trinajstić information content (AvgIpc) is 2.52. The maximum atomic E-state index is 11.5. The van der Waals surface area contributed by atoms with Crippen LogP contribution < -0.4 is 74.0 Å². The second kappa shape index (κ2) is 7.72. The minimum atomic E-state index is 0. The number of likely N-dealkylation sites (tertiary alicyclic amines) is 1. The van der Waals surface area contributed by atoms with E-state index in [4.69, 9.17) is 0 Å². The standard InChI is InChI=1S/C15H23NO.Cs/c1-3-15(9-4-5-10-16(2)12-15)13-7-6-8-14(17)11-13;/h6-8,11,17H,3-5,9-10,12H2,1-2H3;/q;+1/p-1. The van der Waals surface area contributed by atoms with Crippen molar-refractivity contribution in [2.24, 2.45) is 0 Å². The van der Waals surface area contributed by atoms with Crippen LogP contribution in [-0.2, 0) is 5.41 Å². The molecule has 0 spiro atoms. The van der Waals surface area contributed by atoms with Gasteiger partial charge >= 0.3 is 68.9 Å². The van der Waals surface area contributed by atoms with Gasteiger partial charge in [0.15, 0.2) is 0 Å². The Morgan fingerprint density at radius 1 is 1.33 bits per heavy atom. The molecule has 1 aliphatic heterocycles. The molecule has 0 bridgehead atoms. The van der Waals surface area contributed by atoms with Crippen LogP contribution in [0.1, 0.15) is 38.2 Å². The number of hydrogen-bond donors (Lipinski definition) is 0. The zero-order valence-corrected chi connectivity index (χ0v) is 18.2. The van der Waals surface area contributed by atoms with Gasteiger partial charge in [-0.15, -0.1) is 5.75 Å². The van der Waals surface area contributed by atoms with Crippen molar-refractivity contribution in [1.82, 2.24) is 4.90 Å². The summed E-state index contributed by atoms with van der Waals surface area (Å²) in [5.41, 5.74) is 1.42. The molecule has 0 aliphatic carbocycles. The largest absolute Gasteiger partial charge is 1.00 e. The van der Waals surface area contributed by atoms with Gasteiger partial charge in [0.25, 0.3) is 0 Å². The number of benzene rings is 1. The molecule has 2 rings (SSSR count). The summed E-state index contributed by atoms with van der Waals surface area (Å²) >= 11 is 0. The third-order valence-corrected chi connectivity index (χ3v) is 4.14. The summed E-state index contributed by atoms with van der Waals surface area (Å²) in [4.78, 5) is 2.41. The van der Waals surface area contributed by atoms with Gasteiger partial charge in [-0.05, 0) is 38.4 Å². The maximum Gasteiger partial charge on any atom is 1.00 e. The first-order valence-corrected chi connectivity index (χ1v) is 6.62. The van der Waals surface area contributed by atoms with Crippen molar-refractivity contribution in [3.63, 3.8) is 0 Å². The first-order chi connectivity index (χ1) is 8.16. The molecule has 0 amide bonds. The third-order valence-electron chi connectivity index (χ3n) is 4.14. The van der Waals surface area contributed by atoms with E-state index in [1.54, 1.807) is 6.07 Å². The van der Waals surface area contributed by atoms with E-state index in [1.807, 2.05) is 12.1 Å². The van der Waals surface area contributed by atoms with Crippen LogP contribution in [0.5, 0.6) is 5.75 Å². The minimum absolute atomic E-state index is 0. The Bertz CT molecular complexity index is 383. The Morgan fingerprint density at radius 3 is 2.78 bits per heavy atom. The number of likely N-dealkylation sites (N-methyl/N-ethyl adjacent to an activating group) is 1. The van der Waals surface area contributed by atoms with Crippen LogP contribution in [0.4, 0.5) is 0 Å². The van der Waals surface area contributed by atoms with E-state index < -0.39 is 0 Å². The van der Waals surface area contributed by atoms with Crippen molar-refractivity contribution < 1.29 is 74.0 Å². The maximum absolute atomic E-state index is 11.5. The summed E-state index contributed by atoms with van der Waals surface area (Å²) in [5, 5.41) is 11.5. The molecule has 18 heavy (non-hydrogen) atoms. The van der Waals surface area contributed by atoms with Crippen molar-refractivity contribution in [3.05, 3.63) is 29.8 Å². The van der Waals surface area contributed by atoms with Crippen LogP contribution in [-0.4, -0.2) is 25.0 Å². The van der Waals surface area contributed by atoms with Crippen molar-refractivity contribution in [1.29, 1.82) is 0 Å². The van der Waals surface area contributed by atoms with Gasteiger partial charge in [-0.2, -0.15) is 0 Å². The molecule has 2 nitrogen and oxygen atoms in total. The van der Waals surface area contributed by atoms with Crippen LogP contribution in [0, 0.1) is 0 Å². The molecular formula is C15H22CsNO. The molecule has 3 heteroatoms. The van der Waals surface area contributed by atoms with Crippen molar-refractivity contribution in [3.8, 4) is 5.75 Å². The fourth-order valence-corrected chi connectivity index (χ4v) is 3.07. The second-order valence-electron chi connectivity index (χ2n) is 5.36. The Balaban J connectivity index is 0.00000162. The van der Waals surface area contributed by atoms with Gasteiger partial charge < -0.3 is 10.0 Å². The van der Waals surface area contributed by atoms with Gasteiger partial charge in [-0.1, -0.05) is 37.6 Å². The van der Waals surface area contributed by atoms with E-state index in [2.05, 4.69) is 24.9 Å². The van der Waals surface area contributed by atoms with E-state index in [0.29, 0.717) is 0 Å². The fraction of sp³-hybridized carbons (Fsp3) is 0.600. The number of nitrogens with zero attached hydrogens (tertiary/aromatic N) is 1.